The summed E-state index contributed by atoms with van der Waals surface area (Å²) in [6.07, 6.45) is 0. The lowest BCUT2D eigenvalue weighted by Gasteiger charge is -2.19. The highest BCUT2D eigenvalue weighted by atomic mass is 35.5. The largest absolute Gasteiger partial charge is 0.324 e. The number of benzene rings is 1. The van der Waals surface area contributed by atoms with Crippen molar-refractivity contribution >= 4 is 46.1 Å². The molecule has 21 heavy (non-hydrogen) atoms. The SMILES string of the molecule is CCN(CC(=O)Nc1ccc(Cl)cc1Cl)Cc1cccs1. The maximum Gasteiger partial charge on any atom is 0.238 e. The van der Waals surface area contributed by atoms with E-state index in [2.05, 4.69) is 16.3 Å². The lowest BCUT2D eigenvalue weighted by atomic mass is 10.3. The first-order valence-corrected chi connectivity index (χ1v) is 8.21. The lowest BCUT2D eigenvalue weighted by Crippen LogP contribution is -2.32. The zero-order chi connectivity index (χ0) is 15.2. The Balaban J connectivity index is 1.93. The summed E-state index contributed by atoms with van der Waals surface area (Å²) >= 11 is 13.6. The van der Waals surface area contributed by atoms with Crippen LogP contribution in [-0.4, -0.2) is 23.9 Å². The number of nitrogens with one attached hydrogen (secondary N) is 1. The number of carbonyl (C=O) groups excluding carboxylic acids is 1. The first-order valence-electron chi connectivity index (χ1n) is 6.58. The van der Waals surface area contributed by atoms with E-state index in [4.69, 9.17) is 23.2 Å². The second kappa shape index (κ2) is 7.80. The number of carbonyl (C=O) groups is 1. The molecule has 0 spiro atoms. The van der Waals surface area contributed by atoms with Gasteiger partial charge in [0.2, 0.25) is 5.91 Å². The minimum atomic E-state index is -0.0855. The predicted octanol–water partition coefficient (Wildman–Crippen LogP) is 4.52. The van der Waals surface area contributed by atoms with Gasteiger partial charge in [0, 0.05) is 16.4 Å². The minimum absolute atomic E-state index is 0.0855. The van der Waals surface area contributed by atoms with Gasteiger partial charge in [0.25, 0.3) is 0 Å². The molecule has 0 unspecified atom stereocenters. The number of hydrogen-bond donors (Lipinski definition) is 1. The number of thiophene rings is 1. The third-order valence-corrected chi connectivity index (χ3v) is 4.39. The highest BCUT2D eigenvalue weighted by Gasteiger charge is 2.12. The van der Waals surface area contributed by atoms with Gasteiger partial charge < -0.3 is 5.32 Å². The van der Waals surface area contributed by atoms with Gasteiger partial charge in [0.15, 0.2) is 0 Å². The molecule has 1 amide bonds. The molecule has 0 aliphatic carbocycles. The van der Waals surface area contributed by atoms with E-state index in [0.29, 0.717) is 22.3 Å². The Morgan fingerprint density at radius 1 is 1.33 bits per heavy atom. The smallest absolute Gasteiger partial charge is 0.238 e. The Kier molecular flexibility index (Phi) is 6.06. The molecule has 0 bridgehead atoms. The molecule has 0 saturated heterocycles. The van der Waals surface area contributed by atoms with Gasteiger partial charge in [-0.25, -0.2) is 0 Å². The molecule has 1 aromatic carbocycles. The molecule has 0 radical (unpaired) electrons. The summed E-state index contributed by atoms with van der Waals surface area (Å²) in [4.78, 5) is 15.4. The maximum atomic E-state index is 12.1. The molecule has 112 valence electrons. The van der Waals surface area contributed by atoms with E-state index in [-0.39, 0.29) is 5.91 Å². The van der Waals surface area contributed by atoms with Crippen molar-refractivity contribution in [3.8, 4) is 0 Å². The molecule has 1 N–H and O–H groups in total. The van der Waals surface area contributed by atoms with Gasteiger partial charge in [-0.3, -0.25) is 9.69 Å². The van der Waals surface area contributed by atoms with Crippen molar-refractivity contribution in [2.45, 2.75) is 13.5 Å². The predicted molar refractivity (Wildman–Crippen MR) is 90.4 cm³/mol. The Bertz CT molecular complexity index is 602. The number of rotatable bonds is 6. The van der Waals surface area contributed by atoms with E-state index in [0.717, 1.165) is 13.1 Å². The highest BCUT2D eigenvalue weighted by molar-refractivity contribution is 7.09. The Hall–Kier alpha value is -1.07. The van der Waals surface area contributed by atoms with Crippen LogP contribution in [0.25, 0.3) is 0 Å². The number of anilines is 1. The van der Waals surface area contributed by atoms with Crippen LogP contribution >= 0.6 is 34.5 Å². The Morgan fingerprint density at radius 3 is 2.76 bits per heavy atom. The van der Waals surface area contributed by atoms with Crippen LogP contribution in [0.15, 0.2) is 35.7 Å². The van der Waals surface area contributed by atoms with E-state index in [1.165, 1.54) is 4.88 Å². The molecule has 0 aliphatic rings. The summed E-state index contributed by atoms with van der Waals surface area (Å²) in [6.45, 7) is 3.94. The molecule has 0 aliphatic heterocycles. The molecular formula is C15H16Cl2N2OS. The van der Waals surface area contributed by atoms with Crippen LogP contribution in [0.2, 0.25) is 10.0 Å². The summed E-state index contributed by atoms with van der Waals surface area (Å²) in [5, 5.41) is 5.84. The van der Waals surface area contributed by atoms with E-state index >= 15 is 0 Å². The summed E-state index contributed by atoms with van der Waals surface area (Å²) in [5.74, 6) is -0.0855. The van der Waals surface area contributed by atoms with Crippen LogP contribution in [0.1, 0.15) is 11.8 Å². The second-order valence-electron chi connectivity index (χ2n) is 4.55. The average Bonchev–Trinajstić information content (AvgIpc) is 2.94. The zero-order valence-corrected chi connectivity index (χ0v) is 13.9. The fourth-order valence-corrected chi connectivity index (χ4v) is 3.09. The second-order valence-corrected chi connectivity index (χ2v) is 6.43. The van der Waals surface area contributed by atoms with Crippen molar-refractivity contribution in [2.24, 2.45) is 0 Å². The van der Waals surface area contributed by atoms with Crippen molar-refractivity contribution < 1.29 is 4.79 Å². The lowest BCUT2D eigenvalue weighted by molar-refractivity contribution is -0.117. The van der Waals surface area contributed by atoms with Crippen molar-refractivity contribution in [2.75, 3.05) is 18.4 Å². The van der Waals surface area contributed by atoms with Gasteiger partial charge in [-0.2, -0.15) is 0 Å². The molecule has 6 heteroatoms. The molecular weight excluding hydrogens is 327 g/mol. The first kappa shape index (κ1) is 16.3. The van der Waals surface area contributed by atoms with Gasteiger partial charge in [-0.15, -0.1) is 11.3 Å². The molecule has 1 heterocycles. The van der Waals surface area contributed by atoms with E-state index in [1.807, 2.05) is 18.4 Å². The van der Waals surface area contributed by atoms with Crippen molar-refractivity contribution in [3.63, 3.8) is 0 Å². The van der Waals surface area contributed by atoms with E-state index in [9.17, 15) is 4.79 Å². The molecule has 1 aromatic heterocycles. The summed E-state index contributed by atoms with van der Waals surface area (Å²) < 4.78 is 0. The quantitative estimate of drug-likeness (QED) is 0.837. The van der Waals surface area contributed by atoms with Crippen LogP contribution in [-0.2, 0) is 11.3 Å². The average molecular weight is 343 g/mol. The van der Waals surface area contributed by atoms with Crippen molar-refractivity contribution in [1.29, 1.82) is 0 Å². The number of halogens is 2. The van der Waals surface area contributed by atoms with Crippen molar-refractivity contribution in [3.05, 3.63) is 50.6 Å². The van der Waals surface area contributed by atoms with Crippen molar-refractivity contribution in [1.82, 2.24) is 4.90 Å². The number of hydrogen-bond acceptors (Lipinski definition) is 3. The first-order chi connectivity index (χ1) is 10.1. The van der Waals surface area contributed by atoms with E-state index in [1.54, 1.807) is 29.5 Å². The molecule has 3 nitrogen and oxygen atoms in total. The zero-order valence-electron chi connectivity index (χ0n) is 11.6. The number of likely N-dealkylation sites (N-methyl/N-ethyl adjacent to an activating group) is 1. The number of amides is 1. The van der Waals surface area contributed by atoms with Crippen LogP contribution < -0.4 is 5.32 Å². The standard InChI is InChI=1S/C15H16Cl2N2OS/c1-2-19(9-12-4-3-7-21-12)10-15(20)18-14-6-5-11(16)8-13(14)17/h3-8H,2,9-10H2,1H3,(H,18,20). The van der Waals surface area contributed by atoms with Crippen LogP contribution in [0.3, 0.4) is 0 Å². The summed E-state index contributed by atoms with van der Waals surface area (Å²) in [7, 11) is 0. The topological polar surface area (TPSA) is 32.3 Å². The third kappa shape index (κ3) is 5.00. The Labute approximate surface area is 138 Å². The van der Waals surface area contributed by atoms with Crippen LogP contribution in [0, 0.1) is 0 Å². The fraction of sp³-hybridized carbons (Fsp3) is 0.267. The van der Waals surface area contributed by atoms with Gasteiger partial charge in [0.05, 0.1) is 17.3 Å². The molecule has 2 aromatic rings. The normalized spacial score (nSPS) is 10.9. The third-order valence-electron chi connectivity index (χ3n) is 2.98. The highest BCUT2D eigenvalue weighted by Crippen LogP contribution is 2.25. The van der Waals surface area contributed by atoms with E-state index < -0.39 is 0 Å². The maximum absolute atomic E-state index is 12.1. The van der Waals surface area contributed by atoms with Gasteiger partial charge in [0.1, 0.15) is 0 Å². The molecule has 0 fully saturated rings. The van der Waals surface area contributed by atoms with Gasteiger partial charge in [-0.1, -0.05) is 36.2 Å². The fourth-order valence-electron chi connectivity index (χ4n) is 1.89. The minimum Gasteiger partial charge on any atom is -0.324 e. The Morgan fingerprint density at radius 2 is 2.14 bits per heavy atom. The summed E-state index contributed by atoms with van der Waals surface area (Å²) in [6, 6.07) is 9.11. The molecule has 2 rings (SSSR count). The van der Waals surface area contributed by atoms with Gasteiger partial charge in [-0.05, 0) is 36.2 Å². The van der Waals surface area contributed by atoms with Gasteiger partial charge >= 0.3 is 0 Å². The summed E-state index contributed by atoms with van der Waals surface area (Å²) in [5.41, 5.74) is 0.582. The molecule has 0 atom stereocenters. The monoisotopic (exact) mass is 342 g/mol. The van der Waals surface area contributed by atoms with Crippen LogP contribution in [0.4, 0.5) is 5.69 Å². The van der Waals surface area contributed by atoms with Crippen LogP contribution in [0.5, 0.6) is 0 Å². The molecule has 0 saturated carbocycles. The number of nitrogens with zero attached hydrogens (tertiary/aromatic N) is 1.